The maximum Gasteiger partial charge on any atom is 0.225 e. The highest BCUT2D eigenvalue weighted by molar-refractivity contribution is 6.36. The second-order valence-corrected chi connectivity index (χ2v) is 8.33. The predicted molar refractivity (Wildman–Crippen MR) is 112 cm³/mol. The van der Waals surface area contributed by atoms with Crippen molar-refractivity contribution in [2.75, 3.05) is 19.6 Å². The highest BCUT2D eigenvalue weighted by Crippen LogP contribution is 2.35. The first-order valence-electron chi connectivity index (χ1n) is 8.71. The van der Waals surface area contributed by atoms with E-state index in [1.165, 1.54) is 0 Å². The van der Waals surface area contributed by atoms with Gasteiger partial charge in [0.1, 0.15) is 0 Å². The van der Waals surface area contributed by atoms with Gasteiger partial charge in [-0.1, -0.05) is 43.1 Å². The Morgan fingerprint density at radius 2 is 2.00 bits per heavy atom. The molecule has 0 aliphatic carbocycles. The van der Waals surface area contributed by atoms with Crippen molar-refractivity contribution in [2.45, 2.75) is 25.2 Å². The zero-order chi connectivity index (χ0) is 18.9. The van der Waals surface area contributed by atoms with Crippen molar-refractivity contribution in [1.82, 2.24) is 20.4 Å². The molecule has 1 amide bonds. The summed E-state index contributed by atoms with van der Waals surface area (Å²) in [5.74, 6) is 0.0625. The van der Waals surface area contributed by atoms with Gasteiger partial charge < -0.3 is 10.6 Å². The number of rotatable bonds is 5. The Morgan fingerprint density at radius 3 is 2.59 bits per heavy atom. The average Bonchev–Trinajstić information content (AvgIpc) is 3.21. The third kappa shape index (κ3) is 4.77. The van der Waals surface area contributed by atoms with Gasteiger partial charge in [0, 0.05) is 54.3 Å². The Kier molecular flexibility index (Phi) is 7.20. The van der Waals surface area contributed by atoms with Crippen LogP contribution in [0.1, 0.15) is 30.9 Å². The molecule has 8 heteroatoms. The largest absolute Gasteiger partial charge is 0.355 e. The SMILES string of the molecule is Cl.Cn1cc([C@H]2CNC[C@@H]2C(=O)NCC(C)(C)c2c(Cl)cccc2Cl)cn1. The second-order valence-electron chi connectivity index (χ2n) is 7.52. The summed E-state index contributed by atoms with van der Waals surface area (Å²) in [4.78, 5) is 12.8. The lowest BCUT2D eigenvalue weighted by Crippen LogP contribution is -2.41. The highest BCUT2D eigenvalue weighted by atomic mass is 35.5. The summed E-state index contributed by atoms with van der Waals surface area (Å²) in [6.07, 6.45) is 3.82. The standard InChI is InChI=1S/C19H24Cl2N4O.ClH/c1-19(2,17-15(20)5-4-6-16(17)21)11-23-18(26)14-9-22-8-13(14)12-7-24-25(3)10-12;/h4-7,10,13-14,22H,8-9,11H2,1-3H3,(H,23,26);1H/t13-,14+;/m1./s1. The number of hydrogen-bond donors (Lipinski definition) is 2. The van der Waals surface area contributed by atoms with Gasteiger partial charge >= 0.3 is 0 Å². The van der Waals surface area contributed by atoms with Gasteiger partial charge in [-0.2, -0.15) is 5.10 Å². The van der Waals surface area contributed by atoms with Crippen LogP contribution in [-0.2, 0) is 17.3 Å². The fourth-order valence-corrected chi connectivity index (χ4v) is 4.52. The van der Waals surface area contributed by atoms with E-state index in [4.69, 9.17) is 23.2 Å². The predicted octanol–water partition coefficient (Wildman–Crippen LogP) is 3.55. The van der Waals surface area contributed by atoms with Crippen molar-refractivity contribution in [3.05, 3.63) is 51.8 Å². The minimum atomic E-state index is -0.374. The van der Waals surface area contributed by atoms with Gasteiger partial charge in [0.25, 0.3) is 0 Å². The molecule has 1 aliphatic heterocycles. The fourth-order valence-electron chi connectivity index (χ4n) is 3.61. The molecular weight excluding hydrogens is 407 g/mol. The van der Waals surface area contributed by atoms with E-state index in [0.717, 1.165) is 17.7 Å². The number of amides is 1. The van der Waals surface area contributed by atoms with Crippen LogP contribution in [0.5, 0.6) is 0 Å². The van der Waals surface area contributed by atoms with Crippen LogP contribution in [0.25, 0.3) is 0 Å². The number of carbonyl (C=O) groups is 1. The number of benzene rings is 1. The molecule has 2 atom stereocenters. The molecule has 0 spiro atoms. The molecule has 2 aromatic rings. The summed E-state index contributed by atoms with van der Waals surface area (Å²) in [5, 5.41) is 11.9. The average molecular weight is 432 g/mol. The van der Waals surface area contributed by atoms with Crippen molar-refractivity contribution in [2.24, 2.45) is 13.0 Å². The zero-order valence-corrected chi connectivity index (χ0v) is 18.0. The molecule has 3 rings (SSSR count). The summed E-state index contributed by atoms with van der Waals surface area (Å²) in [5.41, 5.74) is 1.57. The van der Waals surface area contributed by atoms with E-state index in [1.807, 2.05) is 51.5 Å². The summed E-state index contributed by atoms with van der Waals surface area (Å²) in [6.45, 7) is 5.98. The molecule has 1 aliphatic rings. The van der Waals surface area contributed by atoms with Crippen LogP contribution in [0.15, 0.2) is 30.6 Å². The van der Waals surface area contributed by atoms with Crippen LogP contribution in [0.2, 0.25) is 10.0 Å². The van der Waals surface area contributed by atoms with E-state index in [0.29, 0.717) is 23.1 Å². The molecule has 5 nitrogen and oxygen atoms in total. The van der Waals surface area contributed by atoms with Gasteiger partial charge in [-0.05, 0) is 23.3 Å². The topological polar surface area (TPSA) is 59.0 Å². The summed E-state index contributed by atoms with van der Waals surface area (Å²) in [6, 6.07) is 5.48. The van der Waals surface area contributed by atoms with Crippen LogP contribution >= 0.6 is 35.6 Å². The lowest BCUT2D eigenvalue weighted by atomic mass is 9.83. The molecule has 0 bridgehead atoms. The van der Waals surface area contributed by atoms with Gasteiger partial charge in [-0.25, -0.2) is 0 Å². The van der Waals surface area contributed by atoms with Crippen molar-refractivity contribution in [3.8, 4) is 0 Å². The lowest BCUT2D eigenvalue weighted by molar-refractivity contribution is -0.125. The highest BCUT2D eigenvalue weighted by Gasteiger charge is 2.36. The number of carbonyl (C=O) groups excluding carboxylic acids is 1. The van der Waals surface area contributed by atoms with Gasteiger partial charge in [0.15, 0.2) is 0 Å². The minimum absolute atomic E-state index is 0. The Labute approximate surface area is 176 Å². The van der Waals surface area contributed by atoms with Crippen molar-refractivity contribution in [3.63, 3.8) is 0 Å². The van der Waals surface area contributed by atoms with Crippen LogP contribution in [-0.4, -0.2) is 35.3 Å². The molecule has 2 N–H and O–H groups in total. The third-order valence-electron chi connectivity index (χ3n) is 5.05. The minimum Gasteiger partial charge on any atom is -0.355 e. The van der Waals surface area contributed by atoms with Gasteiger partial charge in [0.05, 0.1) is 12.1 Å². The third-order valence-corrected chi connectivity index (χ3v) is 5.68. The molecule has 0 radical (unpaired) electrons. The Balaban J connectivity index is 0.00000261. The number of hydrogen-bond acceptors (Lipinski definition) is 3. The van der Waals surface area contributed by atoms with E-state index in [1.54, 1.807) is 4.68 Å². The first-order chi connectivity index (χ1) is 12.3. The van der Waals surface area contributed by atoms with E-state index in [-0.39, 0.29) is 35.6 Å². The van der Waals surface area contributed by atoms with Crippen molar-refractivity contribution < 1.29 is 4.79 Å². The molecule has 1 aromatic heterocycles. The normalized spacial score (nSPS) is 19.6. The fraction of sp³-hybridized carbons (Fsp3) is 0.474. The van der Waals surface area contributed by atoms with Gasteiger partial charge in [-0.15, -0.1) is 12.4 Å². The van der Waals surface area contributed by atoms with Crippen LogP contribution < -0.4 is 10.6 Å². The van der Waals surface area contributed by atoms with E-state index in [9.17, 15) is 4.79 Å². The molecule has 1 saturated heterocycles. The van der Waals surface area contributed by atoms with E-state index in [2.05, 4.69) is 15.7 Å². The molecule has 1 fully saturated rings. The summed E-state index contributed by atoms with van der Waals surface area (Å²) < 4.78 is 1.77. The van der Waals surface area contributed by atoms with Crippen LogP contribution in [0.4, 0.5) is 0 Å². The van der Waals surface area contributed by atoms with Gasteiger partial charge in [-0.3, -0.25) is 9.48 Å². The number of nitrogens with one attached hydrogen (secondary N) is 2. The number of nitrogens with zero attached hydrogens (tertiary/aromatic N) is 2. The molecule has 1 aromatic carbocycles. The quantitative estimate of drug-likeness (QED) is 0.761. The number of aryl methyl sites for hydroxylation is 1. The summed E-state index contributed by atoms with van der Waals surface area (Å²) in [7, 11) is 1.89. The summed E-state index contributed by atoms with van der Waals surface area (Å²) >= 11 is 12.7. The van der Waals surface area contributed by atoms with E-state index < -0.39 is 0 Å². The molecule has 0 saturated carbocycles. The lowest BCUT2D eigenvalue weighted by Gasteiger charge is -2.29. The first kappa shape index (κ1) is 22.0. The molecule has 27 heavy (non-hydrogen) atoms. The molecule has 2 heterocycles. The van der Waals surface area contributed by atoms with Crippen LogP contribution in [0.3, 0.4) is 0 Å². The first-order valence-corrected chi connectivity index (χ1v) is 9.46. The van der Waals surface area contributed by atoms with Crippen molar-refractivity contribution in [1.29, 1.82) is 0 Å². The smallest absolute Gasteiger partial charge is 0.225 e. The number of aromatic nitrogens is 2. The van der Waals surface area contributed by atoms with Crippen molar-refractivity contribution >= 4 is 41.5 Å². The molecule has 148 valence electrons. The number of halogens is 3. The maximum absolute atomic E-state index is 12.8. The maximum atomic E-state index is 12.8. The van der Waals surface area contributed by atoms with Crippen LogP contribution in [0, 0.1) is 5.92 Å². The second kappa shape index (κ2) is 8.82. The Hall–Kier alpha value is -1.27. The van der Waals surface area contributed by atoms with E-state index >= 15 is 0 Å². The van der Waals surface area contributed by atoms with Gasteiger partial charge in [0.2, 0.25) is 5.91 Å². The molecular formula is C19H25Cl3N4O. The Bertz CT molecular complexity index is 786. The zero-order valence-electron chi connectivity index (χ0n) is 15.6. The molecule has 0 unspecified atom stereocenters. The Morgan fingerprint density at radius 1 is 1.33 bits per heavy atom. The monoisotopic (exact) mass is 430 g/mol.